The Morgan fingerprint density at radius 3 is 2.84 bits per heavy atom. The Kier molecular flexibility index (Phi) is 5.28. The van der Waals surface area contributed by atoms with E-state index < -0.39 is 0 Å². The molecule has 132 valence electrons. The summed E-state index contributed by atoms with van der Waals surface area (Å²) in [6, 6.07) is 6.93. The molecule has 1 aromatic heterocycles. The molecule has 1 N–H and O–H groups in total. The van der Waals surface area contributed by atoms with E-state index in [0.717, 1.165) is 5.56 Å². The summed E-state index contributed by atoms with van der Waals surface area (Å²) >= 11 is 6.20. The van der Waals surface area contributed by atoms with E-state index in [2.05, 4.69) is 10.3 Å². The molecule has 25 heavy (non-hydrogen) atoms. The quantitative estimate of drug-likeness (QED) is 0.884. The maximum absolute atomic E-state index is 12.2. The molecule has 2 heterocycles. The van der Waals surface area contributed by atoms with Gasteiger partial charge in [0.2, 0.25) is 5.88 Å². The summed E-state index contributed by atoms with van der Waals surface area (Å²) in [5.41, 5.74) is 1.29. The molecule has 7 heteroatoms. The number of hydrogen-bond acceptors (Lipinski definition) is 5. The van der Waals surface area contributed by atoms with Crippen LogP contribution in [0.5, 0.6) is 17.4 Å². The smallest absolute Gasteiger partial charge is 0.253 e. The number of benzene rings is 1. The van der Waals surface area contributed by atoms with Crippen LogP contribution in [0.4, 0.5) is 0 Å². The summed E-state index contributed by atoms with van der Waals surface area (Å²) in [6.07, 6.45) is 1.52. The van der Waals surface area contributed by atoms with Crippen molar-refractivity contribution in [3.63, 3.8) is 0 Å². The molecule has 0 unspecified atom stereocenters. The monoisotopic (exact) mass is 362 g/mol. The lowest BCUT2D eigenvalue weighted by atomic mass is 10.2. The first-order chi connectivity index (χ1) is 12.0. The highest BCUT2D eigenvalue weighted by molar-refractivity contribution is 6.32. The fourth-order valence-corrected chi connectivity index (χ4v) is 2.66. The molecule has 0 spiro atoms. The number of pyridine rings is 1. The molecule has 1 aliphatic rings. The number of rotatable bonds is 5. The predicted molar refractivity (Wildman–Crippen MR) is 93.6 cm³/mol. The van der Waals surface area contributed by atoms with Crippen molar-refractivity contribution in [1.29, 1.82) is 0 Å². The zero-order valence-electron chi connectivity index (χ0n) is 14.0. The molecule has 6 nitrogen and oxygen atoms in total. The fraction of sp³-hybridized carbons (Fsp3) is 0.333. The van der Waals surface area contributed by atoms with Crippen LogP contribution in [0.1, 0.15) is 29.8 Å². The normalized spacial score (nSPS) is 12.8. The van der Waals surface area contributed by atoms with Crippen LogP contribution in [0.15, 0.2) is 30.5 Å². The van der Waals surface area contributed by atoms with Gasteiger partial charge < -0.3 is 19.5 Å². The van der Waals surface area contributed by atoms with Crippen LogP contribution in [0.2, 0.25) is 5.02 Å². The summed E-state index contributed by atoms with van der Waals surface area (Å²) < 4.78 is 16.5. The van der Waals surface area contributed by atoms with Crippen molar-refractivity contribution in [2.45, 2.75) is 26.5 Å². The molecule has 1 aliphatic heterocycles. The lowest BCUT2D eigenvalue weighted by molar-refractivity contribution is 0.0950. The van der Waals surface area contributed by atoms with Gasteiger partial charge in [-0.15, -0.1) is 0 Å². The summed E-state index contributed by atoms with van der Waals surface area (Å²) in [5, 5.41) is 3.31. The van der Waals surface area contributed by atoms with E-state index in [0.29, 0.717) is 47.7 Å². The van der Waals surface area contributed by atoms with Gasteiger partial charge in [0, 0.05) is 18.8 Å². The molecule has 0 saturated heterocycles. The van der Waals surface area contributed by atoms with Crippen LogP contribution in [0, 0.1) is 0 Å². The summed E-state index contributed by atoms with van der Waals surface area (Å²) in [4.78, 5) is 16.4. The Morgan fingerprint density at radius 2 is 2.12 bits per heavy atom. The van der Waals surface area contributed by atoms with Crippen molar-refractivity contribution >= 4 is 17.5 Å². The maximum Gasteiger partial charge on any atom is 0.253 e. The van der Waals surface area contributed by atoms with Gasteiger partial charge in [-0.2, -0.15) is 0 Å². The van der Waals surface area contributed by atoms with Gasteiger partial charge in [-0.3, -0.25) is 4.79 Å². The van der Waals surface area contributed by atoms with Gasteiger partial charge in [0.05, 0.1) is 16.7 Å². The first-order valence-corrected chi connectivity index (χ1v) is 8.39. The molecule has 0 bridgehead atoms. The van der Waals surface area contributed by atoms with Crippen molar-refractivity contribution in [2.75, 3.05) is 13.2 Å². The molecule has 3 rings (SSSR count). The fourth-order valence-electron chi connectivity index (χ4n) is 2.38. The number of ether oxygens (including phenoxy) is 3. The van der Waals surface area contributed by atoms with Gasteiger partial charge in [-0.05, 0) is 37.6 Å². The van der Waals surface area contributed by atoms with Gasteiger partial charge in [-0.1, -0.05) is 11.6 Å². The number of hydrogen-bond donors (Lipinski definition) is 1. The largest absolute Gasteiger partial charge is 0.486 e. The number of halogens is 1. The van der Waals surface area contributed by atoms with E-state index in [9.17, 15) is 4.79 Å². The van der Waals surface area contributed by atoms with Gasteiger partial charge in [0.1, 0.15) is 13.2 Å². The van der Waals surface area contributed by atoms with E-state index in [4.69, 9.17) is 25.8 Å². The van der Waals surface area contributed by atoms with Crippen molar-refractivity contribution in [3.8, 4) is 17.4 Å². The topological polar surface area (TPSA) is 69.7 Å². The summed E-state index contributed by atoms with van der Waals surface area (Å²) in [5.74, 6) is 1.41. The number of carbonyl (C=O) groups excluding carboxylic acids is 1. The third-order valence-electron chi connectivity index (χ3n) is 3.46. The second-order valence-corrected chi connectivity index (χ2v) is 6.24. The van der Waals surface area contributed by atoms with Crippen LogP contribution in [-0.4, -0.2) is 30.2 Å². The Balaban J connectivity index is 1.63. The van der Waals surface area contributed by atoms with Crippen LogP contribution < -0.4 is 19.5 Å². The highest BCUT2D eigenvalue weighted by atomic mass is 35.5. The Morgan fingerprint density at radius 1 is 1.32 bits per heavy atom. The lowest BCUT2D eigenvalue weighted by Crippen LogP contribution is -2.23. The SMILES string of the molecule is CC(C)Oc1ccc(C(=O)NCc2cc(Cl)c3c(c2)OCCO3)cn1. The number of aromatic nitrogens is 1. The standard InChI is InChI=1S/C18H19ClN2O4/c1-11(2)25-16-4-3-13(10-20-16)18(22)21-9-12-7-14(19)17-15(8-12)23-5-6-24-17/h3-4,7-8,10-11H,5-6,9H2,1-2H3,(H,21,22). The van der Waals surface area contributed by atoms with Gasteiger partial charge in [0.15, 0.2) is 11.5 Å². The van der Waals surface area contributed by atoms with E-state index in [1.807, 2.05) is 19.9 Å². The Hall–Kier alpha value is -2.47. The van der Waals surface area contributed by atoms with Crippen molar-refractivity contribution in [3.05, 3.63) is 46.6 Å². The van der Waals surface area contributed by atoms with Crippen LogP contribution >= 0.6 is 11.6 Å². The highest BCUT2D eigenvalue weighted by Crippen LogP contribution is 2.38. The minimum Gasteiger partial charge on any atom is -0.486 e. The predicted octanol–water partition coefficient (Wildman–Crippen LogP) is 3.22. The minimum absolute atomic E-state index is 0.0344. The molecular weight excluding hydrogens is 344 g/mol. The molecular formula is C18H19ClN2O4. The summed E-state index contributed by atoms with van der Waals surface area (Å²) in [6.45, 7) is 5.11. The summed E-state index contributed by atoms with van der Waals surface area (Å²) in [7, 11) is 0. The number of nitrogens with zero attached hydrogens (tertiary/aromatic N) is 1. The second-order valence-electron chi connectivity index (χ2n) is 5.84. The van der Waals surface area contributed by atoms with Crippen molar-refractivity contribution < 1.29 is 19.0 Å². The minimum atomic E-state index is -0.227. The van der Waals surface area contributed by atoms with Crippen molar-refractivity contribution in [1.82, 2.24) is 10.3 Å². The Labute approximate surface area is 151 Å². The number of fused-ring (bicyclic) bond motifs is 1. The number of nitrogens with one attached hydrogen (secondary N) is 1. The third kappa shape index (κ3) is 4.33. The van der Waals surface area contributed by atoms with Gasteiger partial charge >= 0.3 is 0 Å². The lowest BCUT2D eigenvalue weighted by Gasteiger charge is -2.20. The van der Waals surface area contributed by atoms with E-state index in [1.54, 1.807) is 18.2 Å². The second kappa shape index (κ2) is 7.61. The average Bonchev–Trinajstić information content (AvgIpc) is 2.60. The molecule has 0 saturated carbocycles. The molecule has 0 aliphatic carbocycles. The number of carbonyl (C=O) groups is 1. The molecule has 1 amide bonds. The molecule has 0 radical (unpaired) electrons. The first kappa shape index (κ1) is 17.4. The molecule has 1 aromatic carbocycles. The maximum atomic E-state index is 12.2. The number of amides is 1. The van der Waals surface area contributed by atoms with Crippen LogP contribution in [0.25, 0.3) is 0 Å². The van der Waals surface area contributed by atoms with Crippen molar-refractivity contribution in [2.24, 2.45) is 0 Å². The van der Waals surface area contributed by atoms with E-state index in [-0.39, 0.29) is 12.0 Å². The third-order valence-corrected chi connectivity index (χ3v) is 3.75. The van der Waals surface area contributed by atoms with E-state index >= 15 is 0 Å². The average molecular weight is 363 g/mol. The van der Waals surface area contributed by atoms with Gasteiger partial charge in [-0.25, -0.2) is 4.98 Å². The zero-order valence-corrected chi connectivity index (χ0v) is 14.8. The van der Waals surface area contributed by atoms with Gasteiger partial charge in [0.25, 0.3) is 5.91 Å². The van der Waals surface area contributed by atoms with Crippen LogP contribution in [0.3, 0.4) is 0 Å². The first-order valence-electron chi connectivity index (χ1n) is 8.02. The zero-order chi connectivity index (χ0) is 17.8. The highest BCUT2D eigenvalue weighted by Gasteiger charge is 2.17. The molecule has 0 fully saturated rings. The Bertz CT molecular complexity index is 762. The van der Waals surface area contributed by atoms with Crippen LogP contribution in [-0.2, 0) is 6.54 Å². The van der Waals surface area contributed by atoms with E-state index in [1.165, 1.54) is 6.20 Å². The molecule has 2 aromatic rings. The molecule has 0 atom stereocenters.